The average molecular weight is 424 g/mol. The van der Waals surface area contributed by atoms with Crippen LogP contribution in [0.4, 0.5) is 5.69 Å². The maximum Gasteiger partial charge on any atom is 0.313 e. The van der Waals surface area contributed by atoms with Gasteiger partial charge in [-0.2, -0.15) is 0 Å². The highest BCUT2D eigenvalue weighted by molar-refractivity contribution is 6.02. The van der Waals surface area contributed by atoms with E-state index in [1.54, 1.807) is 4.90 Å². The van der Waals surface area contributed by atoms with Crippen molar-refractivity contribution in [1.29, 1.82) is 0 Å². The highest BCUT2D eigenvalue weighted by atomic mass is 16.6. The van der Waals surface area contributed by atoms with Crippen molar-refractivity contribution in [2.75, 3.05) is 18.1 Å². The normalized spacial score (nSPS) is 31.4. The molecule has 7 heteroatoms. The minimum atomic E-state index is -0.810. The smallest absolute Gasteiger partial charge is 0.313 e. The Kier molecular flexibility index (Phi) is 4.88. The number of carbonyl (C=O) groups excluding carboxylic acids is 3. The monoisotopic (exact) mass is 424 g/mol. The lowest BCUT2D eigenvalue weighted by atomic mass is 9.77. The molecule has 7 nitrogen and oxygen atoms in total. The summed E-state index contributed by atoms with van der Waals surface area (Å²) in [5.41, 5.74) is 2.15. The van der Waals surface area contributed by atoms with Crippen LogP contribution >= 0.6 is 0 Å². The Morgan fingerprint density at radius 1 is 1.19 bits per heavy atom. The minimum Gasteiger partial charge on any atom is -0.455 e. The fourth-order valence-electron chi connectivity index (χ4n) is 5.66. The van der Waals surface area contributed by atoms with Gasteiger partial charge in [0.15, 0.2) is 6.61 Å². The summed E-state index contributed by atoms with van der Waals surface area (Å²) >= 11 is 0. The molecule has 1 aromatic rings. The quantitative estimate of drug-likeness (QED) is 0.579. The molecular weight excluding hydrogens is 396 g/mol. The average Bonchev–Trinajstić information content (AvgIpc) is 3.48. The molecule has 164 valence electrons. The molecule has 0 aromatic heterocycles. The number of nitrogens with zero attached hydrogens (tertiary/aromatic N) is 1. The van der Waals surface area contributed by atoms with Gasteiger partial charge in [0.1, 0.15) is 11.5 Å². The predicted octanol–water partition coefficient (Wildman–Crippen LogP) is 2.19. The van der Waals surface area contributed by atoms with Crippen molar-refractivity contribution in [1.82, 2.24) is 5.32 Å². The molecule has 1 N–H and O–H groups in total. The molecule has 4 atom stereocenters. The van der Waals surface area contributed by atoms with E-state index >= 15 is 0 Å². The van der Waals surface area contributed by atoms with Crippen LogP contribution in [-0.2, 0) is 23.9 Å². The zero-order chi connectivity index (χ0) is 21.8. The van der Waals surface area contributed by atoms with Crippen molar-refractivity contribution in [3.05, 3.63) is 41.5 Å². The molecule has 31 heavy (non-hydrogen) atoms. The van der Waals surface area contributed by atoms with Crippen LogP contribution in [0, 0.1) is 25.7 Å². The van der Waals surface area contributed by atoms with Crippen LogP contribution in [-0.4, -0.2) is 48.7 Å². The third-order valence-electron chi connectivity index (χ3n) is 6.96. The van der Waals surface area contributed by atoms with E-state index in [2.05, 4.69) is 11.4 Å². The molecule has 1 spiro atoms. The van der Waals surface area contributed by atoms with Crippen molar-refractivity contribution in [2.45, 2.75) is 57.3 Å². The molecule has 3 fully saturated rings. The van der Waals surface area contributed by atoms with Gasteiger partial charge in [-0.05, 0) is 49.9 Å². The second-order valence-corrected chi connectivity index (χ2v) is 9.33. The van der Waals surface area contributed by atoms with E-state index in [-0.39, 0.29) is 24.5 Å². The summed E-state index contributed by atoms with van der Waals surface area (Å²) in [5.74, 6) is -2.32. The Bertz CT molecular complexity index is 946. The Morgan fingerprint density at radius 3 is 2.61 bits per heavy atom. The van der Waals surface area contributed by atoms with Gasteiger partial charge >= 0.3 is 5.97 Å². The fourth-order valence-corrected chi connectivity index (χ4v) is 5.66. The molecule has 3 aliphatic heterocycles. The van der Waals surface area contributed by atoms with E-state index < -0.39 is 29.5 Å². The molecule has 2 saturated heterocycles. The number of rotatable bonds is 5. The Morgan fingerprint density at radius 2 is 1.90 bits per heavy atom. The number of anilines is 1. The Hall–Kier alpha value is -2.67. The molecule has 0 unspecified atom stereocenters. The van der Waals surface area contributed by atoms with Crippen LogP contribution in [0.3, 0.4) is 0 Å². The summed E-state index contributed by atoms with van der Waals surface area (Å²) in [4.78, 5) is 40.2. The van der Waals surface area contributed by atoms with Crippen LogP contribution in [0.1, 0.15) is 36.8 Å². The van der Waals surface area contributed by atoms with Crippen molar-refractivity contribution in [2.24, 2.45) is 11.8 Å². The van der Waals surface area contributed by atoms with Crippen LogP contribution in [0.5, 0.6) is 0 Å². The molecule has 4 aliphatic rings. The zero-order valence-electron chi connectivity index (χ0n) is 17.9. The van der Waals surface area contributed by atoms with Gasteiger partial charge < -0.3 is 19.7 Å². The first-order chi connectivity index (χ1) is 14.9. The Balaban J connectivity index is 1.30. The second-order valence-electron chi connectivity index (χ2n) is 9.33. The number of aryl methyl sites for hydroxylation is 2. The first-order valence-corrected chi connectivity index (χ1v) is 11.1. The molecule has 1 aliphatic carbocycles. The molecule has 2 bridgehead atoms. The fraction of sp³-hybridized carbons (Fsp3) is 0.542. The summed E-state index contributed by atoms with van der Waals surface area (Å²) < 4.78 is 11.5. The lowest BCUT2D eigenvalue weighted by Crippen LogP contribution is -2.41. The first kappa shape index (κ1) is 20.2. The van der Waals surface area contributed by atoms with Gasteiger partial charge in [-0.3, -0.25) is 14.4 Å². The van der Waals surface area contributed by atoms with Crippen LogP contribution in [0.25, 0.3) is 0 Å². The number of nitrogens with one attached hydrogen (secondary N) is 1. The number of hydrogen-bond donors (Lipinski definition) is 1. The highest BCUT2D eigenvalue weighted by Crippen LogP contribution is 2.53. The van der Waals surface area contributed by atoms with E-state index in [1.807, 2.05) is 38.1 Å². The number of amides is 2. The summed E-state index contributed by atoms with van der Waals surface area (Å²) in [5, 5.41) is 2.92. The van der Waals surface area contributed by atoms with Gasteiger partial charge in [0.05, 0.1) is 18.6 Å². The van der Waals surface area contributed by atoms with E-state index in [4.69, 9.17) is 9.47 Å². The van der Waals surface area contributed by atoms with E-state index in [9.17, 15) is 14.4 Å². The lowest BCUT2D eigenvalue weighted by Gasteiger charge is -2.23. The summed E-state index contributed by atoms with van der Waals surface area (Å²) in [6.45, 7) is 4.04. The van der Waals surface area contributed by atoms with E-state index in [1.165, 1.54) is 0 Å². The SMILES string of the molecule is Cc1cc(C)cc(N2C[C@@]34C=C[C@H](O3)[C@H](C(=O)OCC(=O)NC3CCCC3)[C@@H]4C2=O)c1. The largest absolute Gasteiger partial charge is 0.455 e. The lowest BCUT2D eigenvalue weighted by molar-refractivity contribution is -0.155. The zero-order valence-corrected chi connectivity index (χ0v) is 17.9. The van der Waals surface area contributed by atoms with Gasteiger partial charge in [-0.25, -0.2) is 0 Å². The first-order valence-electron chi connectivity index (χ1n) is 11.1. The minimum absolute atomic E-state index is 0.130. The molecular formula is C24H28N2O5. The molecule has 2 amide bonds. The molecule has 1 saturated carbocycles. The second kappa shape index (κ2) is 7.48. The molecule has 0 radical (unpaired) electrons. The summed E-state index contributed by atoms with van der Waals surface area (Å²) in [6.07, 6.45) is 7.44. The maximum absolute atomic E-state index is 13.4. The van der Waals surface area contributed by atoms with Gasteiger partial charge in [0.2, 0.25) is 5.91 Å². The van der Waals surface area contributed by atoms with Gasteiger partial charge in [0.25, 0.3) is 5.91 Å². The van der Waals surface area contributed by atoms with Gasteiger partial charge in [-0.15, -0.1) is 0 Å². The topological polar surface area (TPSA) is 84.9 Å². The number of fused-ring (bicyclic) bond motifs is 1. The molecule has 1 aromatic carbocycles. The van der Waals surface area contributed by atoms with E-state index in [0.717, 1.165) is 42.5 Å². The number of benzene rings is 1. The van der Waals surface area contributed by atoms with Crippen LogP contribution in [0.15, 0.2) is 30.4 Å². The molecule has 3 heterocycles. The van der Waals surface area contributed by atoms with Gasteiger partial charge in [-0.1, -0.05) is 31.1 Å². The Labute approximate surface area is 181 Å². The molecule has 5 rings (SSSR count). The van der Waals surface area contributed by atoms with Gasteiger partial charge in [0, 0.05) is 11.7 Å². The van der Waals surface area contributed by atoms with Crippen LogP contribution < -0.4 is 10.2 Å². The van der Waals surface area contributed by atoms with Crippen molar-refractivity contribution in [3.8, 4) is 0 Å². The summed E-state index contributed by atoms with van der Waals surface area (Å²) in [7, 11) is 0. The standard InChI is InChI=1S/C24H28N2O5/c1-14-9-15(2)11-17(10-14)26-13-24-8-7-18(31-24)20(21(24)22(26)28)23(29)30-12-19(27)25-16-5-3-4-6-16/h7-11,16,18,20-21H,3-6,12-13H2,1-2H3,(H,25,27)/t18-,20-,21+,24+/m0/s1. The number of carbonyl (C=O) groups is 3. The summed E-state index contributed by atoms with van der Waals surface area (Å²) in [6, 6.07) is 6.17. The maximum atomic E-state index is 13.4. The third kappa shape index (κ3) is 3.45. The van der Waals surface area contributed by atoms with E-state index in [0.29, 0.717) is 6.54 Å². The van der Waals surface area contributed by atoms with Crippen molar-refractivity contribution in [3.63, 3.8) is 0 Å². The van der Waals surface area contributed by atoms with Crippen LogP contribution in [0.2, 0.25) is 0 Å². The number of hydrogen-bond acceptors (Lipinski definition) is 5. The highest BCUT2D eigenvalue weighted by Gasteiger charge is 2.67. The van der Waals surface area contributed by atoms with Crippen molar-refractivity contribution < 1.29 is 23.9 Å². The predicted molar refractivity (Wildman–Crippen MR) is 113 cm³/mol. The number of ether oxygens (including phenoxy) is 2. The van der Waals surface area contributed by atoms with Crippen molar-refractivity contribution >= 4 is 23.5 Å². The number of esters is 1. The third-order valence-corrected chi connectivity index (χ3v) is 6.96.